The lowest BCUT2D eigenvalue weighted by Crippen LogP contribution is -2.47. The monoisotopic (exact) mass is 423 g/mol. The number of carbonyl (C=O) groups is 2. The van der Waals surface area contributed by atoms with E-state index in [1.807, 2.05) is 26.0 Å². The minimum Gasteiger partial charge on any atom is -0.345 e. The van der Waals surface area contributed by atoms with Crippen molar-refractivity contribution in [2.24, 2.45) is 5.92 Å². The van der Waals surface area contributed by atoms with Crippen LogP contribution in [0.5, 0.6) is 0 Å². The Morgan fingerprint density at radius 3 is 2.34 bits per heavy atom. The Kier molecular flexibility index (Phi) is 8.22. The molecule has 29 heavy (non-hydrogen) atoms. The summed E-state index contributed by atoms with van der Waals surface area (Å²) in [7, 11) is 0.136. The number of nitrogens with zero attached hydrogens (tertiary/aromatic N) is 3. The van der Waals surface area contributed by atoms with E-state index in [1.165, 1.54) is 9.21 Å². The van der Waals surface area contributed by atoms with Crippen molar-refractivity contribution in [1.82, 2.24) is 14.1 Å². The maximum absolute atomic E-state index is 13.1. The van der Waals surface area contributed by atoms with E-state index in [0.717, 1.165) is 5.56 Å². The topological polar surface area (TPSA) is 78.0 Å². The number of benzene rings is 1. The molecular weight excluding hydrogens is 390 g/mol. The second-order valence-corrected chi connectivity index (χ2v) is 9.85. The van der Waals surface area contributed by atoms with Gasteiger partial charge in [0.15, 0.2) is 0 Å². The molecule has 1 aliphatic heterocycles. The number of sulfonamides is 1. The molecular formula is C21H33N3O4S. The van der Waals surface area contributed by atoms with Gasteiger partial charge in [-0.2, -0.15) is 0 Å². The molecule has 7 nitrogen and oxygen atoms in total. The molecule has 2 rings (SSSR count). The molecule has 1 aliphatic rings. The number of hydrogen-bond acceptors (Lipinski definition) is 4. The predicted molar refractivity (Wildman–Crippen MR) is 114 cm³/mol. The molecule has 0 radical (unpaired) electrons. The van der Waals surface area contributed by atoms with Gasteiger partial charge in [0, 0.05) is 45.8 Å². The van der Waals surface area contributed by atoms with Crippen LogP contribution in [0.1, 0.15) is 49.0 Å². The first kappa shape index (κ1) is 23.3. The van der Waals surface area contributed by atoms with Gasteiger partial charge in [-0.3, -0.25) is 9.59 Å². The molecule has 162 valence electrons. The minimum absolute atomic E-state index is 0.00246. The zero-order valence-corrected chi connectivity index (χ0v) is 18.7. The van der Waals surface area contributed by atoms with Crippen LogP contribution in [-0.4, -0.2) is 73.8 Å². The number of rotatable bonds is 8. The van der Waals surface area contributed by atoms with Crippen molar-refractivity contribution >= 4 is 21.8 Å². The van der Waals surface area contributed by atoms with Gasteiger partial charge in [-0.15, -0.1) is 0 Å². The van der Waals surface area contributed by atoms with Crippen molar-refractivity contribution in [3.8, 4) is 0 Å². The second-order valence-electron chi connectivity index (χ2n) is 7.76. The van der Waals surface area contributed by atoms with Gasteiger partial charge in [0.2, 0.25) is 15.9 Å². The quantitative estimate of drug-likeness (QED) is 0.642. The van der Waals surface area contributed by atoms with E-state index in [1.54, 1.807) is 31.1 Å². The molecule has 0 bridgehead atoms. The van der Waals surface area contributed by atoms with Crippen LogP contribution in [0, 0.1) is 5.92 Å². The summed E-state index contributed by atoms with van der Waals surface area (Å²) < 4.78 is 26.3. The van der Waals surface area contributed by atoms with E-state index >= 15 is 0 Å². The summed E-state index contributed by atoms with van der Waals surface area (Å²) in [5.74, 6) is -0.235. The third-order valence-electron chi connectivity index (χ3n) is 5.26. The molecule has 1 saturated heterocycles. The molecule has 8 heteroatoms. The highest BCUT2D eigenvalue weighted by molar-refractivity contribution is 7.89. The highest BCUT2D eigenvalue weighted by Crippen LogP contribution is 2.23. The van der Waals surface area contributed by atoms with Gasteiger partial charge in [0.1, 0.15) is 0 Å². The van der Waals surface area contributed by atoms with Crippen molar-refractivity contribution in [2.75, 3.05) is 39.5 Å². The average molecular weight is 424 g/mol. The highest BCUT2D eigenvalue weighted by atomic mass is 32.2. The third-order valence-corrected chi connectivity index (χ3v) is 7.31. The maximum Gasteiger partial charge on any atom is 0.253 e. The van der Waals surface area contributed by atoms with Crippen LogP contribution < -0.4 is 0 Å². The van der Waals surface area contributed by atoms with Gasteiger partial charge >= 0.3 is 0 Å². The lowest BCUT2D eigenvalue weighted by molar-refractivity contribution is -0.137. The first-order valence-electron chi connectivity index (χ1n) is 10.3. The number of carbonyl (C=O) groups excluding carboxylic acids is 2. The van der Waals surface area contributed by atoms with Crippen LogP contribution in [0.15, 0.2) is 24.3 Å². The van der Waals surface area contributed by atoms with Crippen LogP contribution in [0.2, 0.25) is 0 Å². The lowest BCUT2D eigenvalue weighted by atomic mass is 9.97. The Labute approximate surface area is 174 Å². The summed E-state index contributed by atoms with van der Waals surface area (Å²) in [6.07, 6.45) is 1.99. The van der Waals surface area contributed by atoms with Gasteiger partial charge < -0.3 is 9.80 Å². The SMILES string of the molecule is CCCS(=O)(=O)N1CCCC(C(=O)N(CC)Cc2ccc(C(=O)N(C)C)cc2)C1. The summed E-state index contributed by atoms with van der Waals surface area (Å²) >= 11 is 0. The standard InChI is InChI=1S/C21H33N3O4S/c1-5-14-29(27,28)24-13-7-8-19(16-24)21(26)23(6-2)15-17-9-11-18(12-10-17)20(25)22(3)4/h9-12,19H,5-8,13-16H2,1-4H3. The van der Waals surface area contributed by atoms with Gasteiger partial charge in [0.25, 0.3) is 5.91 Å². The zero-order valence-electron chi connectivity index (χ0n) is 17.9. The molecule has 2 amide bonds. The lowest BCUT2D eigenvalue weighted by Gasteiger charge is -2.34. The van der Waals surface area contributed by atoms with E-state index in [-0.39, 0.29) is 30.0 Å². The molecule has 0 aliphatic carbocycles. The highest BCUT2D eigenvalue weighted by Gasteiger charge is 2.33. The van der Waals surface area contributed by atoms with Gasteiger partial charge in [-0.25, -0.2) is 12.7 Å². The largest absolute Gasteiger partial charge is 0.345 e. The summed E-state index contributed by atoms with van der Waals surface area (Å²) in [4.78, 5) is 28.4. The summed E-state index contributed by atoms with van der Waals surface area (Å²) in [6, 6.07) is 7.28. The average Bonchev–Trinajstić information content (AvgIpc) is 2.71. The van der Waals surface area contributed by atoms with Gasteiger partial charge in [-0.1, -0.05) is 19.1 Å². The van der Waals surface area contributed by atoms with Crippen LogP contribution in [0.3, 0.4) is 0 Å². The summed E-state index contributed by atoms with van der Waals surface area (Å²) in [5, 5.41) is 0. The fraction of sp³-hybridized carbons (Fsp3) is 0.619. The minimum atomic E-state index is -3.28. The fourth-order valence-corrected chi connectivity index (χ4v) is 5.21. The Balaban J connectivity index is 2.05. The van der Waals surface area contributed by atoms with E-state index in [0.29, 0.717) is 44.5 Å². The third kappa shape index (κ3) is 6.02. The summed E-state index contributed by atoms with van der Waals surface area (Å²) in [5.41, 5.74) is 1.55. The smallest absolute Gasteiger partial charge is 0.253 e. The van der Waals surface area contributed by atoms with Crippen molar-refractivity contribution < 1.29 is 18.0 Å². The van der Waals surface area contributed by atoms with Gasteiger partial charge in [0.05, 0.1) is 11.7 Å². The Morgan fingerprint density at radius 2 is 1.79 bits per heavy atom. The van der Waals surface area contributed by atoms with E-state index in [9.17, 15) is 18.0 Å². The number of amides is 2. The molecule has 0 aromatic heterocycles. The molecule has 1 heterocycles. The molecule has 1 atom stereocenters. The Hall–Kier alpha value is -1.93. The first-order valence-corrected chi connectivity index (χ1v) is 11.9. The van der Waals surface area contributed by atoms with Crippen molar-refractivity contribution in [3.05, 3.63) is 35.4 Å². The predicted octanol–water partition coefficient (Wildman–Crippen LogP) is 2.19. The summed E-state index contributed by atoms with van der Waals surface area (Å²) in [6.45, 7) is 5.55. The molecule has 0 spiro atoms. The molecule has 1 fully saturated rings. The van der Waals surface area contributed by atoms with E-state index in [4.69, 9.17) is 0 Å². The van der Waals surface area contributed by atoms with Crippen LogP contribution >= 0.6 is 0 Å². The van der Waals surface area contributed by atoms with Crippen molar-refractivity contribution in [1.29, 1.82) is 0 Å². The zero-order chi connectivity index (χ0) is 21.6. The molecule has 0 N–H and O–H groups in total. The number of piperidine rings is 1. The molecule has 1 aromatic rings. The van der Waals surface area contributed by atoms with Gasteiger partial charge in [-0.05, 0) is 43.9 Å². The molecule has 1 aromatic carbocycles. The normalized spacial score (nSPS) is 17.7. The van der Waals surface area contributed by atoms with E-state index < -0.39 is 10.0 Å². The maximum atomic E-state index is 13.1. The van der Waals surface area contributed by atoms with Crippen molar-refractivity contribution in [2.45, 2.75) is 39.7 Å². The Morgan fingerprint density at radius 1 is 1.14 bits per heavy atom. The van der Waals surface area contributed by atoms with Crippen LogP contribution in [0.4, 0.5) is 0 Å². The first-order chi connectivity index (χ1) is 13.7. The van der Waals surface area contributed by atoms with Crippen LogP contribution in [-0.2, 0) is 21.4 Å². The van der Waals surface area contributed by atoms with E-state index in [2.05, 4.69) is 0 Å². The second kappa shape index (κ2) is 10.2. The Bertz CT molecular complexity index is 806. The molecule has 1 unspecified atom stereocenters. The molecule has 0 saturated carbocycles. The van der Waals surface area contributed by atoms with Crippen LogP contribution in [0.25, 0.3) is 0 Å². The van der Waals surface area contributed by atoms with Crippen molar-refractivity contribution in [3.63, 3.8) is 0 Å². The fourth-order valence-electron chi connectivity index (χ4n) is 3.62. The number of hydrogen-bond donors (Lipinski definition) is 0.